The SMILES string of the molecule is CCOC(=O)C1=c2/c(=C/c3c(F)cccc3Cl)c(N)c(S(=O)(=O)c3ccccc3)n2C(=O)[C@@H](c2c(F)cccc2Cl)S1. The number of halogens is 4. The first kappa shape index (κ1) is 29.8. The van der Waals surface area contributed by atoms with Crippen LogP contribution < -0.4 is 16.3 Å². The number of rotatable bonds is 6. The first-order valence-corrected chi connectivity index (χ1v) is 15.4. The number of esters is 1. The summed E-state index contributed by atoms with van der Waals surface area (Å²) in [4.78, 5) is 27.1. The molecule has 0 amide bonds. The Morgan fingerprint density at radius 2 is 1.67 bits per heavy atom. The summed E-state index contributed by atoms with van der Waals surface area (Å²) >= 11 is 13.2. The molecule has 42 heavy (non-hydrogen) atoms. The Morgan fingerprint density at radius 3 is 2.29 bits per heavy atom. The Morgan fingerprint density at radius 1 is 1.02 bits per heavy atom. The number of sulfone groups is 1. The van der Waals surface area contributed by atoms with E-state index in [1.165, 1.54) is 48.5 Å². The van der Waals surface area contributed by atoms with Gasteiger partial charge in [-0.05, 0) is 49.4 Å². The Bertz CT molecular complexity index is 1960. The van der Waals surface area contributed by atoms with Crippen molar-refractivity contribution in [2.75, 3.05) is 12.3 Å². The lowest BCUT2D eigenvalue weighted by Crippen LogP contribution is -2.42. The van der Waals surface area contributed by atoms with Gasteiger partial charge in [-0.3, -0.25) is 9.36 Å². The van der Waals surface area contributed by atoms with E-state index < -0.39 is 49.3 Å². The van der Waals surface area contributed by atoms with Crippen LogP contribution in [0.2, 0.25) is 10.0 Å². The van der Waals surface area contributed by atoms with Crippen molar-refractivity contribution >= 4 is 73.3 Å². The molecule has 0 spiro atoms. The number of nitrogens with zero attached hydrogens (tertiary/aromatic N) is 1. The molecule has 0 saturated carbocycles. The molecule has 1 aromatic heterocycles. The van der Waals surface area contributed by atoms with Crippen LogP contribution in [0.5, 0.6) is 0 Å². The minimum atomic E-state index is -4.55. The molecule has 0 fully saturated rings. The van der Waals surface area contributed by atoms with Crippen molar-refractivity contribution in [3.63, 3.8) is 0 Å². The van der Waals surface area contributed by atoms with Gasteiger partial charge in [0, 0.05) is 21.4 Å². The van der Waals surface area contributed by atoms with Gasteiger partial charge in [0.1, 0.15) is 21.8 Å². The quantitative estimate of drug-likeness (QED) is 0.289. The third kappa shape index (κ3) is 5.00. The van der Waals surface area contributed by atoms with Gasteiger partial charge in [-0.1, -0.05) is 65.3 Å². The zero-order valence-corrected chi connectivity index (χ0v) is 24.8. The van der Waals surface area contributed by atoms with Crippen LogP contribution in [-0.4, -0.2) is 31.5 Å². The molecule has 2 heterocycles. The average molecular weight is 650 g/mol. The van der Waals surface area contributed by atoms with Crippen LogP contribution in [0.3, 0.4) is 0 Å². The second-order valence-electron chi connectivity index (χ2n) is 8.93. The van der Waals surface area contributed by atoms with Crippen molar-refractivity contribution in [3.8, 4) is 0 Å². The molecule has 5 rings (SSSR count). The lowest BCUT2D eigenvalue weighted by atomic mass is 10.1. The maximum Gasteiger partial charge on any atom is 0.346 e. The predicted molar refractivity (Wildman–Crippen MR) is 157 cm³/mol. The zero-order valence-electron chi connectivity index (χ0n) is 21.6. The van der Waals surface area contributed by atoms with Crippen LogP contribution in [0.1, 0.15) is 28.1 Å². The molecule has 0 saturated heterocycles. The van der Waals surface area contributed by atoms with E-state index >= 15 is 4.39 Å². The summed E-state index contributed by atoms with van der Waals surface area (Å²) in [5.74, 6) is -3.50. The van der Waals surface area contributed by atoms with Gasteiger partial charge in [-0.25, -0.2) is 22.0 Å². The van der Waals surface area contributed by atoms with Gasteiger partial charge >= 0.3 is 5.97 Å². The van der Waals surface area contributed by atoms with Crippen LogP contribution in [0.25, 0.3) is 11.0 Å². The summed E-state index contributed by atoms with van der Waals surface area (Å²) in [7, 11) is -4.55. The van der Waals surface area contributed by atoms with E-state index in [9.17, 15) is 22.4 Å². The largest absolute Gasteiger partial charge is 0.462 e. The van der Waals surface area contributed by atoms with Gasteiger partial charge in [0.25, 0.3) is 0 Å². The van der Waals surface area contributed by atoms with E-state index in [4.69, 9.17) is 33.7 Å². The molecule has 0 bridgehead atoms. The Labute approximate surface area is 253 Å². The Hall–Kier alpha value is -3.64. The molecule has 7 nitrogen and oxygen atoms in total. The van der Waals surface area contributed by atoms with Crippen molar-refractivity contribution in [1.82, 2.24) is 4.57 Å². The number of benzene rings is 3. The van der Waals surface area contributed by atoms with E-state index in [0.29, 0.717) is 11.8 Å². The number of aromatic nitrogens is 1. The highest BCUT2D eigenvalue weighted by Gasteiger charge is 2.41. The fourth-order valence-corrected chi connectivity index (χ4v) is 7.94. The fraction of sp³-hybridized carbons (Fsp3) is 0.103. The number of carbonyl (C=O) groups excluding carboxylic acids is 2. The molecule has 13 heteroatoms. The monoisotopic (exact) mass is 648 g/mol. The highest BCUT2D eigenvalue weighted by Crippen LogP contribution is 2.44. The van der Waals surface area contributed by atoms with Crippen molar-refractivity contribution in [3.05, 3.63) is 110 Å². The fourth-order valence-electron chi connectivity index (χ4n) is 4.56. The lowest BCUT2D eigenvalue weighted by molar-refractivity contribution is -0.135. The number of nitrogen functional groups attached to an aromatic ring is 1. The Balaban J connectivity index is 1.99. The molecule has 1 aliphatic heterocycles. The standard InChI is InChI=1S/C29H20Cl2F2N2O5S2/c1-2-40-29(37)26-24-17(14-16-18(30)10-6-12-20(16)32)23(34)28(42(38,39)15-8-4-3-5-9-15)35(24)27(36)25(41-26)22-19(31)11-7-13-21(22)33/h3-14,25H,2,34H2,1H3/b17-14+/t25-/m1/s1. The molecular formula is C29H20Cl2F2N2O5S2. The molecule has 4 aromatic rings. The first-order chi connectivity index (χ1) is 20.0. The average Bonchev–Trinajstić information content (AvgIpc) is 3.25. The molecule has 2 N–H and O–H groups in total. The second-order valence-corrected chi connectivity index (χ2v) is 12.7. The number of fused-ring (bicyclic) bond motifs is 1. The van der Waals surface area contributed by atoms with Crippen molar-refractivity contribution in [2.45, 2.75) is 22.1 Å². The first-order valence-electron chi connectivity index (χ1n) is 12.3. The highest BCUT2D eigenvalue weighted by molar-refractivity contribution is 8.10. The smallest absolute Gasteiger partial charge is 0.346 e. The minimum absolute atomic E-state index is 0.0368. The third-order valence-electron chi connectivity index (χ3n) is 6.42. The summed E-state index contributed by atoms with van der Waals surface area (Å²) in [5, 5.41) is -2.79. The van der Waals surface area contributed by atoms with Gasteiger partial charge in [0.2, 0.25) is 15.7 Å². The maximum atomic E-state index is 15.1. The predicted octanol–water partition coefficient (Wildman–Crippen LogP) is 5.12. The highest BCUT2D eigenvalue weighted by atomic mass is 35.5. The van der Waals surface area contributed by atoms with E-state index in [-0.39, 0.29) is 48.1 Å². The number of ether oxygens (including phenoxy) is 1. The van der Waals surface area contributed by atoms with Gasteiger partial charge < -0.3 is 10.5 Å². The lowest BCUT2D eigenvalue weighted by Gasteiger charge is -2.24. The summed E-state index contributed by atoms with van der Waals surface area (Å²) in [5.41, 5.74) is 5.59. The van der Waals surface area contributed by atoms with Crippen LogP contribution in [0.15, 0.2) is 76.7 Å². The number of anilines is 1. The molecule has 1 aliphatic rings. The normalized spacial score (nSPS) is 15.5. The van der Waals surface area contributed by atoms with E-state index in [2.05, 4.69) is 0 Å². The van der Waals surface area contributed by atoms with Gasteiger partial charge in [-0.15, -0.1) is 0 Å². The number of nitrogens with two attached hydrogens (primary N) is 1. The van der Waals surface area contributed by atoms with Gasteiger partial charge in [-0.2, -0.15) is 0 Å². The van der Waals surface area contributed by atoms with Crippen LogP contribution in [0, 0.1) is 11.6 Å². The zero-order chi connectivity index (χ0) is 30.3. The number of hydrogen-bond acceptors (Lipinski definition) is 7. The molecule has 216 valence electrons. The Kier molecular flexibility index (Phi) is 8.21. The van der Waals surface area contributed by atoms with Gasteiger partial charge in [0.15, 0.2) is 5.03 Å². The van der Waals surface area contributed by atoms with Crippen LogP contribution >= 0.6 is 35.0 Å². The van der Waals surface area contributed by atoms with E-state index in [1.54, 1.807) is 13.0 Å². The number of hydrogen-bond donors (Lipinski definition) is 1. The van der Waals surface area contributed by atoms with Crippen LogP contribution in [-0.2, 0) is 19.4 Å². The second kappa shape index (κ2) is 11.6. The number of carbonyl (C=O) groups is 2. The summed E-state index contributed by atoms with van der Waals surface area (Å²) in [6.45, 7) is 1.47. The molecule has 1 atom stereocenters. The third-order valence-corrected chi connectivity index (χ3v) is 10.1. The van der Waals surface area contributed by atoms with Crippen molar-refractivity contribution < 1.29 is 31.5 Å². The molecule has 3 aromatic carbocycles. The number of thioether (sulfide) groups is 1. The molecular weight excluding hydrogens is 629 g/mol. The molecule has 0 aliphatic carbocycles. The van der Waals surface area contributed by atoms with Crippen LogP contribution in [0.4, 0.5) is 14.5 Å². The summed E-state index contributed by atoms with van der Waals surface area (Å²) in [6.07, 6.45) is 1.16. The minimum Gasteiger partial charge on any atom is -0.462 e. The topological polar surface area (TPSA) is 108 Å². The summed E-state index contributed by atoms with van der Waals surface area (Å²) in [6, 6.07) is 14.8. The summed E-state index contributed by atoms with van der Waals surface area (Å²) < 4.78 is 64.1. The molecule has 0 radical (unpaired) electrons. The van der Waals surface area contributed by atoms with Crippen molar-refractivity contribution in [1.29, 1.82) is 0 Å². The molecule has 0 unspecified atom stereocenters. The van der Waals surface area contributed by atoms with Crippen molar-refractivity contribution in [2.24, 2.45) is 0 Å². The maximum absolute atomic E-state index is 15.1. The van der Waals surface area contributed by atoms with E-state index in [0.717, 1.165) is 22.8 Å². The van der Waals surface area contributed by atoms with Gasteiger partial charge in [0.05, 0.1) is 27.6 Å². The van der Waals surface area contributed by atoms with E-state index in [1.807, 2.05) is 0 Å².